The first-order chi connectivity index (χ1) is 27.8. The van der Waals surface area contributed by atoms with Crippen molar-refractivity contribution >= 4 is 43.6 Å². The summed E-state index contributed by atoms with van der Waals surface area (Å²) in [5, 5.41) is 4.71. The molecule has 0 fully saturated rings. The van der Waals surface area contributed by atoms with Crippen LogP contribution in [0.15, 0.2) is 200 Å². The second-order valence-corrected chi connectivity index (χ2v) is 14.1. The van der Waals surface area contributed by atoms with Gasteiger partial charge in [-0.2, -0.15) is 0 Å². The maximum atomic E-state index is 5.28. The van der Waals surface area contributed by atoms with E-state index in [0.717, 1.165) is 61.0 Å². The predicted octanol–water partition coefficient (Wildman–Crippen LogP) is 12.7. The molecule has 0 aliphatic carbocycles. The number of aromatic nitrogens is 5. The van der Waals surface area contributed by atoms with Crippen LogP contribution in [-0.4, -0.2) is 24.1 Å². The summed E-state index contributed by atoms with van der Waals surface area (Å²) in [6.45, 7) is 0. The van der Waals surface area contributed by atoms with Gasteiger partial charge in [-0.1, -0.05) is 140 Å². The molecule has 262 valence electrons. The van der Waals surface area contributed by atoms with Gasteiger partial charge in [0.05, 0.1) is 22.1 Å². The molecule has 0 spiro atoms. The predicted molar refractivity (Wildman–Crippen MR) is 230 cm³/mol. The molecule has 11 rings (SSSR count). The number of hydrogen-bond donors (Lipinski definition) is 0. The van der Waals surface area contributed by atoms with Crippen molar-refractivity contribution < 1.29 is 0 Å². The lowest BCUT2D eigenvalue weighted by atomic mass is 9.97. The van der Waals surface area contributed by atoms with E-state index < -0.39 is 0 Å². The summed E-state index contributed by atoms with van der Waals surface area (Å²) in [5.74, 6) is 1.88. The Hall–Kier alpha value is -7.63. The van der Waals surface area contributed by atoms with Crippen LogP contribution in [0.25, 0.3) is 100 Å². The van der Waals surface area contributed by atoms with E-state index in [-0.39, 0.29) is 0 Å². The van der Waals surface area contributed by atoms with Crippen molar-refractivity contribution in [2.45, 2.75) is 0 Å². The maximum absolute atomic E-state index is 5.28. The quantitative estimate of drug-likeness (QED) is 0.172. The molecule has 5 heteroatoms. The summed E-state index contributed by atoms with van der Waals surface area (Å²) >= 11 is 0. The van der Waals surface area contributed by atoms with Crippen LogP contribution in [0.2, 0.25) is 0 Å². The third-order valence-corrected chi connectivity index (χ3v) is 10.7. The molecule has 0 atom stereocenters. The number of fused-ring (bicyclic) bond motifs is 6. The average Bonchev–Trinajstić information content (AvgIpc) is 3.80. The fourth-order valence-electron chi connectivity index (χ4n) is 8.22. The average molecular weight is 716 g/mol. The van der Waals surface area contributed by atoms with E-state index in [0.29, 0.717) is 17.5 Å². The minimum absolute atomic E-state index is 0.617. The van der Waals surface area contributed by atoms with Crippen LogP contribution >= 0.6 is 0 Å². The summed E-state index contributed by atoms with van der Waals surface area (Å²) in [6.07, 6.45) is 0. The van der Waals surface area contributed by atoms with Crippen LogP contribution in [-0.2, 0) is 0 Å². The van der Waals surface area contributed by atoms with Crippen LogP contribution in [0.3, 0.4) is 0 Å². The first-order valence-electron chi connectivity index (χ1n) is 18.9. The highest BCUT2D eigenvalue weighted by Crippen LogP contribution is 2.42. The Balaban J connectivity index is 1.23. The van der Waals surface area contributed by atoms with E-state index in [2.05, 4.69) is 173 Å². The van der Waals surface area contributed by atoms with Crippen LogP contribution in [0.1, 0.15) is 0 Å². The van der Waals surface area contributed by atoms with Crippen LogP contribution in [0, 0.1) is 0 Å². The molecule has 3 heterocycles. The van der Waals surface area contributed by atoms with Crippen molar-refractivity contribution in [2.75, 3.05) is 0 Å². The van der Waals surface area contributed by atoms with Gasteiger partial charge in [0.1, 0.15) is 0 Å². The topological polar surface area (TPSA) is 48.5 Å². The summed E-state index contributed by atoms with van der Waals surface area (Å²) in [4.78, 5) is 15.6. The minimum Gasteiger partial charge on any atom is -0.309 e. The number of nitrogens with zero attached hydrogens (tertiary/aromatic N) is 5. The molecule has 0 aliphatic rings. The highest BCUT2D eigenvalue weighted by Gasteiger charge is 2.22. The van der Waals surface area contributed by atoms with E-state index >= 15 is 0 Å². The van der Waals surface area contributed by atoms with Crippen molar-refractivity contribution in [1.29, 1.82) is 0 Å². The van der Waals surface area contributed by atoms with Gasteiger partial charge in [-0.25, -0.2) is 15.0 Å². The Morgan fingerprint density at radius 1 is 0.286 bits per heavy atom. The lowest BCUT2D eigenvalue weighted by molar-refractivity contribution is 1.07. The highest BCUT2D eigenvalue weighted by molar-refractivity contribution is 6.16. The molecule has 11 aromatic rings. The van der Waals surface area contributed by atoms with Gasteiger partial charge < -0.3 is 9.13 Å². The zero-order valence-electron chi connectivity index (χ0n) is 30.3. The molecular weight excluding hydrogens is 683 g/mol. The van der Waals surface area contributed by atoms with Crippen molar-refractivity contribution in [2.24, 2.45) is 0 Å². The molecular formula is C51H33N5. The molecule has 0 saturated carbocycles. The summed E-state index contributed by atoms with van der Waals surface area (Å²) in [7, 11) is 0. The lowest BCUT2D eigenvalue weighted by Gasteiger charge is -2.14. The molecule has 56 heavy (non-hydrogen) atoms. The van der Waals surface area contributed by atoms with Gasteiger partial charge in [-0.3, -0.25) is 0 Å². The summed E-state index contributed by atoms with van der Waals surface area (Å²) in [6, 6.07) is 70.4. The Labute approximate surface area is 323 Å². The van der Waals surface area contributed by atoms with E-state index in [1.54, 1.807) is 0 Å². The number of rotatable bonds is 6. The van der Waals surface area contributed by atoms with Gasteiger partial charge in [-0.15, -0.1) is 0 Å². The zero-order chi connectivity index (χ0) is 37.0. The third-order valence-electron chi connectivity index (χ3n) is 10.7. The largest absolute Gasteiger partial charge is 0.309 e. The first kappa shape index (κ1) is 31.9. The van der Waals surface area contributed by atoms with Gasteiger partial charge in [0.25, 0.3) is 0 Å². The number of benzene rings is 8. The summed E-state index contributed by atoms with van der Waals surface area (Å²) < 4.78 is 4.71. The Morgan fingerprint density at radius 2 is 0.732 bits per heavy atom. The minimum atomic E-state index is 0.617. The third kappa shape index (κ3) is 5.21. The lowest BCUT2D eigenvalue weighted by Crippen LogP contribution is -2.02. The number of hydrogen-bond acceptors (Lipinski definition) is 3. The Kier molecular flexibility index (Phi) is 7.42. The van der Waals surface area contributed by atoms with Crippen molar-refractivity contribution in [3.05, 3.63) is 200 Å². The van der Waals surface area contributed by atoms with Gasteiger partial charge >= 0.3 is 0 Å². The zero-order valence-corrected chi connectivity index (χ0v) is 30.3. The Morgan fingerprint density at radius 3 is 1.34 bits per heavy atom. The van der Waals surface area contributed by atoms with Gasteiger partial charge in [0.15, 0.2) is 17.5 Å². The maximum Gasteiger partial charge on any atom is 0.166 e. The molecule has 0 aliphatic heterocycles. The summed E-state index contributed by atoms with van der Waals surface area (Å²) in [5.41, 5.74) is 11.7. The molecule has 3 aromatic heterocycles. The molecule has 0 radical (unpaired) electrons. The van der Waals surface area contributed by atoms with Crippen LogP contribution in [0.4, 0.5) is 0 Å². The molecule has 0 bridgehead atoms. The van der Waals surface area contributed by atoms with E-state index in [1.807, 2.05) is 36.4 Å². The van der Waals surface area contributed by atoms with Gasteiger partial charge in [0, 0.05) is 49.6 Å². The first-order valence-corrected chi connectivity index (χ1v) is 18.9. The van der Waals surface area contributed by atoms with Crippen LogP contribution < -0.4 is 0 Å². The van der Waals surface area contributed by atoms with Crippen molar-refractivity contribution in [1.82, 2.24) is 24.1 Å². The van der Waals surface area contributed by atoms with Crippen molar-refractivity contribution in [3.63, 3.8) is 0 Å². The normalized spacial score (nSPS) is 11.6. The molecule has 8 aromatic carbocycles. The van der Waals surface area contributed by atoms with Gasteiger partial charge in [-0.05, 0) is 71.8 Å². The van der Waals surface area contributed by atoms with E-state index in [1.165, 1.54) is 21.8 Å². The molecule has 0 amide bonds. The van der Waals surface area contributed by atoms with E-state index in [9.17, 15) is 0 Å². The second-order valence-electron chi connectivity index (χ2n) is 14.1. The molecule has 5 nitrogen and oxygen atoms in total. The van der Waals surface area contributed by atoms with E-state index in [4.69, 9.17) is 15.0 Å². The van der Waals surface area contributed by atoms with Gasteiger partial charge in [0.2, 0.25) is 0 Å². The monoisotopic (exact) mass is 715 g/mol. The standard InChI is InChI=1S/C51H33N5/c1-5-17-34(18-6-1)49-52-50(35-19-7-2-8-20-35)54-51(53-49)44-33-37(32-43-41-26-14-16-28-46(41)56(48(43)44)39-23-11-4-12-24-39)36-29-30-47-42(31-36)40-25-13-15-27-45(40)55(47)38-21-9-3-10-22-38/h1-33H. The second kappa shape index (κ2) is 13.0. The smallest absolute Gasteiger partial charge is 0.166 e. The fourth-order valence-corrected chi connectivity index (χ4v) is 8.22. The molecule has 0 saturated heterocycles. The fraction of sp³-hybridized carbons (Fsp3) is 0. The Bertz CT molecular complexity index is 3160. The SMILES string of the molecule is c1ccc(-c2nc(-c3ccccc3)nc(-c3cc(-c4ccc5c(c4)c4ccccc4n5-c4ccccc4)cc4c5ccccc5n(-c5ccccc5)c34)n2)cc1. The van der Waals surface area contributed by atoms with Crippen molar-refractivity contribution in [3.8, 4) is 56.7 Å². The molecule has 0 N–H and O–H groups in total. The number of para-hydroxylation sites is 4. The highest BCUT2D eigenvalue weighted by atomic mass is 15.0. The molecule has 0 unspecified atom stereocenters. The van der Waals surface area contributed by atoms with Crippen LogP contribution in [0.5, 0.6) is 0 Å².